The van der Waals surface area contributed by atoms with Crippen LogP contribution in [-0.4, -0.2) is 17.7 Å². The van der Waals surface area contributed by atoms with Crippen LogP contribution in [0.2, 0.25) is 0 Å². The van der Waals surface area contributed by atoms with E-state index >= 15 is 0 Å². The average Bonchev–Trinajstić information content (AvgIpc) is 2.40. The van der Waals surface area contributed by atoms with Crippen LogP contribution in [0.25, 0.3) is 0 Å². The van der Waals surface area contributed by atoms with Crippen LogP contribution in [0.3, 0.4) is 0 Å². The van der Waals surface area contributed by atoms with Crippen molar-refractivity contribution in [3.8, 4) is 0 Å². The molecule has 2 atom stereocenters. The summed E-state index contributed by atoms with van der Waals surface area (Å²) in [6.45, 7) is 0.682. The molecule has 0 aromatic carbocycles. The zero-order chi connectivity index (χ0) is 12.7. The van der Waals surface area contributed by atoms with Crippen LogP contribution in [0.15, 0.2) is 12.2 Å². The SMILES string of the molecule is OOC12C=CCCCCCCCCC1CCCO2. The molecule has 1 saturated heterocycles. The molecule has 0 amide bonds. The van der Waals surface area contributed by atoms with Crippen LogP contribution in [0.1, 0.15) is 64.2 Å². The highest BCUT2D eigenvalue weighted by Crippen LogP contribution is 2.37. The van der Waals surface area contributed by atoms with E-state index in [2.05, 4.69) is 6.08 Å². The van der Waals surface area contributed by atoms with Gasteiger partial charge in [-0.15, -0.1) is 0 Å². The molecular weight excluding hydrogens is 228 g/mol. The van der Waals surface area contributed by atoms with E-state index in [9.17, 15) is 5.26 Å². The molecule has 1 aliphatic carbocycles. The van der Waals surface area contributed by atoms with Gasteiger partial charge in [0.15, 0.2) is 0 Å². The Balaban J connectivity index is 2.06. The summed E-state index contributed by atoms with van der Waals surface area (Å²) >= 11 is 0. The highest BCUT2D eigenvalue weighted by molar-refractivity contribution is 5.01. The van der Waals surface area contributed by atoms with Gasteiger partial charge in [0, 0.05) is 5.92 Å². The first-order chi connectivity index (χ1) is 8.87. The first-order valence-corrected chi connectivity index (χ1v) is 7.51. The summed E-state index contributed by atoms with van der Waals surface area (Å²) in [5.74, 6) is -0.566. The normalized spacial score (nSPS) is 35.3. The smallest absolute Gasteiger partial charge is 0.223 e. The van der Waals surface area contributed by atoms with Crippen molar-refractivity contribution in [1.29, 1.82) is 0 Å². The molecule has 0 aromatic rings. The number of allylic oxidation sites excluding steroid dienone is 1. The lowest BCUT2D eigenvalue weighted by Crippen LogP contribution is -2.44. The average molecular weight is 254 g/mol. The Morgan fingerprint density at radius 1 is 1.00 bits per heavy atom. The van der Waals surface area contributed by atoms with Gasteiger partial charge in [-0.25, -0.2) is 5.26 Å². The maximum absolute atomic E-state index is 9.31. The van der Waals surface area contributed by atoms with E-state index in [0.717, 1.165) is 25.7 Å². The van der Waals surface area contributed by atoms with Crippen molar-refractivity contribution < 1.29 is 14.9 Å². The number of rotatable bonds is 1. The molecule has 2 aliphatic rings. The summed E-state index contributed by atoms with van der Waals surface area (Å²) < 4.78 is 5.76. The number of ether oxygens (including phenoxy) is 1. The van der Waals surface area contributed by atoms with Crippen molar-refractivity contribution in [1.82, 2.24) is 0 Å². The molecular formula is C15H26O3. The van der Waals surface area contributed by atoms with Gasteiger partial charge in [0.2, 0.25) is 5.79 Å². The van der Waals surface area contributed by atoms with Crippen LogP contribution >= 0.6 is 0 Å². The fourth-order valence-corrected chi connectivity index (χ4v) is 3.15. The Bertz CT molecular complexity index is 264. The summed E-state index contributed by atoms with van der Waals surface area (Å²) in [7, 11) is 0. The zero-order valence-corrected chi connectivity index (χ0v) is 11.3. The third kappa shape index (κ3) is 3.56. The molecule has 0 bridgehead atoms. The van der Waals surface area contributed by atoms with Crippen molar-refractivity contribution in [2.75, 3.05) is 6.61 Å². The highest BCUT2D eigenvalue weighted by Gasteiger charge is 2.41. The largest absolute Gasteiger partial charge is 0.344 e. The van der Waals surface area contributed by atoms with Crippen molar-refractivity contribution in [2.45, 2.75) is 70.0 Å². The van der Waals surface area contributed by atoms with Gasteiger partial charge in [-0.1, -0.05) is 38.2 Å². The molecule has 0 saturated carbocycles. The van der Waals surface area contributed by atoms with Crippen LogP contribution in [0, 0.1) is 5.92 Å². The molecule has 104 valence electrons. The van der Waals surface area contributed by atoms with Crippen molar-refractivity contribution in [2.24, 2.45) is 5.92 Å². The van der Waals surface area contributed by atoms with Gasteiger partial charge < -0.3 is 4.74 Å². The van der Waals surface area contributed by atoms with E-state index in [4.69, 9.17) is 9.62 Å². The van der Waals surface area contributed by atoms with Gasteiger partial charge >= 0.3 is 0 Å². The van der Waals surface area contributed by atoms with E-state index in [1.54, 1.807) is 0 Å². The molecule has 1 N–H and O–H groups in total. The molecule has 0 radical (unpaired) electrons. The Morgan fingerprint density at radius 3 is 2.56 bits per heavy atom. The summed E-state index contributed by atoms with van der Waals surface area (Å²) in [6, 6.07) is 0. The number of hydrogen-bond donors (Lipinski definition) is 1. The quantitative estimate of drug-likeness (QED) is 0.431. The minimum Gasteiger partial charge on any atom is -0.344 e. The molecule has 1 fully saturated rings. The topological polar surface area (TPSA) is 38.7 Å². The molecule has 3 heteroatoms. The third-order valence-corrected chi connectivity index (χ3v) is 4.26. The van der Waals surface area contributed by atoms with E-state index in [-0.39, 0.29) is 0 Å². The lowest BCUT2D eigenvalue weighted by Gasteiger charge is -2.39. The summed E-state index contributed by atoms with van der Waals surface area (Å²) in [4.78, 5) is 4.78. The van der Waals surface area contributed by atoms with Gasteiger partial charge in [0.05, 0.1) is 6.61 Å². The lowest BCUT2D eigenvalue weighted by molar-refractivity contribution is -0.409. The van der Waals surface area contributed by atoms with Crippen molar-refractivity contribution in [3.63, 3.8) is 0 Å². The maximum Gasteiger partial charge on any atom is 0.223 e. The molecule has 0 aromatic heterocycles. The molecule has 2 rings (SSSR count). The molecule has 0 spiro atoms. The standard InChI is InChI=1S/C15H26O3/c16-18-15-12-8-6-4-2-1-3-5-7-10-14(15)11-9-13-17-15/h8,12,14,16H,1-7,9-11,13H2. The fourth-order valence-electron chi connectivity index (χ4n) is 3.15. The number of hydrogen-bond acceptors (Lipinski definition) is 3. The maximum atomic E-state index is 9.31. The molecule has 2 unspecified atom stereocenters. The van der Waals surface area contributed by atoms with E-state index in [1.807, 2.05) is 6.08 Å². The third-order valence-electron chi connectivity index (χ3n) is 4.26. The minimum absolute atomic E-state index is 0.298. The predicted molar refractivity (Wildman–Crippen MR) is 71.2 cm³/mol. The van der Waals surface area contributed by atoms with Crippen molar-refractivity contribution in [3.05, 3.63) is 12.2 Å². The van der Waals surface area contributed by atoms with Crippen LogP contribution < -0.4 is 0 Å². The number of fused-ring (bicyclic) bond motifs is 1. The molecule has 3 nitrogen and oxygen atoms in total. The monoisotopic (exact) mass is 254 g/mol. The Kier molecular flexibility index (Phi) is 5.67. The van der Waals surface area contributed by atoms with Crippen LogP contribution in [0.4, 0.5) is 0 Å². The van der Waals surface area contributed by atoms with Gasteiger partial charge in [-0.3, -0.25) is 0 Å². The fraction of sp³-hybridized carbons (Fsp3) is 0.867. The molecule has 18 heavy (non-hydrogen) atoms. The second kappa shape index (κ2) is 7.27. The Labute approximate surface area is 110 Å². The second-order valence-corrected chi connectivity index (χ2v) is 5.60. The minimum atomic E-state index is -0.864. The van der Waals surface area contributed by atoms with Gasteiger partial charge in [0.1, 0.15) is 0 Å². The summed E-state index contributed by atoms with van der Waals surface area (Å²) in [5, 5.41) is 9.31. The lowest BCUT2D eigenvalue weighted by atomic mass is 9.85. The predicted octanol–water partition coefficient (Wildman–Crippen LogP) is 4.29. The van der Waals surface area contributed by atoms with Crippen LogP contribution in [-0.2, 0) is 9.62 Å². The Morgan fingerprint density at radius 2 is 1.72 bits per heavy atom. The Hall–Kier alpha value is -0.380. The second-order valence-electron chi connectivity index (χ2n) is 5.60. The van der Waals surface area contributed by atoms with Gasteiger partial charge in [0.25, 0.3) is 0 Å². The van der Waals surface area contributed by atoms with E-state index < -0.39 is 5.79 Å². The zero-order valence-electron chi connectivity index (χ0n) is 11.3. The van der Waals surface area contributed by atoms with E-state index in [0.29, 0.717) is 12.5 Å². The van der Waals surface area contributed by atoms with Gasteiger partial charge in [-0.05, 0) is 38.2 Å². The van der Waals surface area contributed by atoms with Gasteiger partial charge in [-0.2, -0.15) is 4.89 Å². The highest BCUT2D eigenvalue weighted by atomic mass is 17.1. The summed E-state index contributed by atoms with van der Waals surface area (Å²) in [5.41, 5.74) is 0. The van der Waals surface area contributed by atoms with Crippen molar-refractivity contribution >= 4 is 0 Å². The first kappa shape index (κ1) is 14.0. The first-order valence-electron chi connectivity index (χ1n) is 7.51. The summed E-state index contributed by atoms with van der Waals surface area (Å²) in [6.07, 6.45) is 16.1. The van der Waals surface area contributed by atoms with Crippen LogP contribution in [0.5, 0.6) is 0 Å². The molecule has 1 aliphatic heterocycles. The molecule has 1 heterocycles. The van der Waals surface area contributed by atoms with E-state index in [1.165, 1.54) is 38.5 Å².